The van der Waals surface area contributed by atoms with Gasteiger partial charge in [0.15, 0.2) is 0 Å². The van der Waals surface area contributed by atoms with Crippen LogP contribution < -0.4 is 5.32 Å². The minimum atomic E-state index is -0.772. The predicted octanol–water partition coefficient (Wildman–Crippen LogP) is 2.23. The van der Waals surface area contributed by atoms with E-state index in [9.17, 15) is 9.32 Å². The van der Waals surface area contributed by atoms with Gasteiger partial charge in [-0.05, 0) is 30.7 Å². The third-order valence-electron chi connectivity index (χ3n) is 2.87. The molecule has 2 N–H and O–H groups in total. The van der Waals surface area contributed by atoms with E-state index < -0.39 is 16.9 Å². The molecule has 1 rings (SSSR count). The first kappa shape index (κ1) is 15.8. The molecule has 0 spiro atoms. The van der Waals surface area contributed by atoms with E-state index in [2.05, 4.69) is 21.2 Å². The van der Waals surface area contributed by atoms with E-state index in [0.29, 0.717) is 6.54 Å². The highest BCUT2D eigenvalue weighted by Gasteiger charge is 2.08. The Morgan fingerprint density at radius 1 is 1.50 bits per heavy atom. The molecule has 0 fully saturated rings. The maximum absolute atomic E-state index is 11.2. The van der Waals surface area contributed by atoms with Gasteiger partial charge in [0, 0.05) is 33.3 Å². The molecule has 0 bridgehead atoms. The van der Waals surface area contributed by atoms with Crippen LogP contribution in [0.4, 0.5) is 0 Å². The Kier molecular flexibility index (Phi) is 7.07. The van der Waals surface area contributed by atoms with Gasteiger partial charge in [0.25, 0.3) is 0 Å². The Labute approximate surface area is 120 Å². The van der Waals surface area contributed by atoms with Crippen molar-refractivity contribution in [1.82, 2.24) is 5.32 Å². The number of hydrogen-bond donors (Lipinski definition) is 2. The van der Waals surface area contributed by atoms with E-state index in [-0.39, 0.29) is 5.25 Å². The van der Waals surface area contributed by atoms with Crippen molar-refractivity contribution in [2.24, 2.45) is 0 Å². The lowest BCUT2D eigenvalue weighted by Gasteiger charge is -2.14. The van der Waals surface area contributed by atoms with Gasteiger partial charge in [0.2, 0.25) is 0 Å². The summed E-state index contributed by atoms with van der Waals surface area (Å²) < 4.78 is 12.1. The van der Waals surface area contributed by atoms with Gasteiger partial charge in [0.05, 0.1) is 6.10 Å². The number of rotatable bonds is 7. The normalized spacial score (nSPS) is 16.2. The number of nitrogens with one attached hydrogen (secondary N) is 1. The number of halogens is 1. The van der Waals surface area contributed by atoms with Crippen LogP contribution in [-0.2, 0) is 10.8 Å². The van der Waals surface area contributed by atoms with E-state index in [4.69, 9.17) is 0 Å². The first-order chi connectivity index (χ1) is 8.50. The molecule has 0 saturated carbocycles. The van der Waals surface area contributed by atoms with Crippen LogP contribution in [0.3, 0.4) is 0 Å². The standard InChI is InChI=1S/C13H20BrNO2S/c1-10(18(2)17)6-7-15-9-13(16)11-4-3-5-12(14)8-11/h3-5,8,10,13,15-16H,6-7,9H2,1-2H3. The third-order valence-corrected chi connectivity index (χ3v) is 4.73. The summed E-state index contributed by atoms with van der Waals surface area (Å²) in [6.45, 7) is 3.26. The van der Waals surface area contributed by atoms with Crippen molar-refractivity contribution in [3.8, 4) is 0 Å². The van der Waals surface area contributed by atoms with Crippen molar-refractivity contribution in [3.05, 3.63) is 34.3 Å². The first-order valence-corrected chi connectivity index (χ1v) is 8.38. The minimum Gasteiger partial charge on any atom is -0.387 e. The maximum atomic E-state index is 11.2. The van der Waals surface area contributed by atoms with Gasteiger partial charge in [-0.1, -0.05) is 35.0 Å². The van der Waals surface area contributed by atoms with Crippen LogP contribution >= 0.6 is 15.9 Å². The summed E-state index contributed by atoms with van der Waals surface area (Å²) in [7, 11) is -0.772. The minimum absolute atomic E-state index is 0.195. The topological polar surface area (TPSA) is 49.3 Å². The highest BCUT2D eigenvalue weighted by Crippen LogP contribution is 2.17. The van der Waals surface area contributed by atoms with Crippen LogP contribution in [0.1, 0.15) is 25.0 Å². The Morgan fingerprint density at radius 3 is 2.83 bits per heavy atom. The van der Waals surface area contributed by atoms with Crippen molar-refractivity contribution in [3.63, 3.8) is 0 Å². The number of aliphatic hydroxyl groups excluding tert-OH is 1. The fourth-order valence-electron chi connectivity index (χ4n) is 1.54. The molecule has 0 aliphatic rings. The second kappa shape index (κ2) is 8.04. The average Bonchev–Trinajstić information content (AvgIpc) is 2.33. The molecule has 0 amide bonds. The SMILES string of the molecule is CC(CCNCC(O)c1cccc(Br)c1)S(C)=O. The van der Waals surface area contributed by atoms with Crippen LogP contribution in [0.5, 0.6) is 0 Å². The van der Waals surface area contributed by atoms with E-state index in [1.54, 1.807) is 6.26 Å². The quantitative estimate of drug-likeness (QED) is 0.752. The van der Waals surface area contributed by atoms with Gasteiger partial charge in [-0.2, -0.15) is 0 Å². The third kappa shape index (κ3) is 5.61. The summed E-state index contributed by atoms with van der Waals surface area (Å²) in [5, 5.41) is 13.4. The van der Waals surface area contributed by atoms with Gasteiger partial charge in [-0.15, -0.1) is 0 Å². The lowest BCUT2D eigenvalue weighted by molar-refractivity contribution is 0.175. The molecule has 0 aliphatic carbocycles. The van der Waals surface area contributed by atoms with E-state index in [1.165, 1.54) is 0 Å². The Hall–Kier alpha value is -0.230. The second-order valence-electron chi connectivity index (χ2n) is 4.37. The zero-order chi connectivity index (χ0) is 13.5. The van der Waals surface area contributed by atoms with E-state index in [1.807, 2.05) is 31.2 Å². The van der Waals surface area contributed by atoms with Crippen molar-refractivity contribution >= 4 is 26.7 Å². The lowest BCUT2D eigenvalue weighted by atomic mass is 10.1. The summed E-state index contributed by atoms with van der Waals surface area (Å²) in [6.07, 6.45) is 2.07. The van der Waals surface area contributed by atoms with Gasteiger partial charge in [-0.25, -0.2) is 0 Å². The number of benzene rings is 1. The zero-order valence-corrected chi connectivity index (χ0v) is 13.1. The van der Waals surface area contributed by atoms with Crippen molar-refractivity contribution in [2.45, 2.75) is 24.7 Å². The summed E-state index contributed by atoms with van der Waals surface area (Å²) in [5.74, 6) is 0. The molecule has 0 aromatic heterocycles. The largest absolute Gasteiger partial charge is 0.387 e. The van der Waals surface area contributed by atoms with Crippen LogP contribution in [0.2, 0.25) is 0 Å². The van der Waals surface area contributed by atoms with Crippen LogP contribution in [-0.4, -0.2) is 33.9 Å². The Bertz CT molecular complexity index is 400. The number of aliphatic hydroxyl groups is 1. The zero-order valence-electron chi connectivity index (χ0n) is 10.7. The molecule has 1 aromatic carbocycles. The van der Waals surface area contributed by atoms with Crippen LogP contribution in [0, 0.1) is 0 Å². The Balaban J connectivity index is 2.29. The van der Waals surface area contributed by atoms with Crippen LogP contribution in [0.15, 0.2) is 28.7 Å². The maximum Gasteiger partial charge on any atom is 0.0914 e. The molecule has 0 radical (unpaired) electrons. The van der Waals surface area contributed by atoms with Crippen molar-refractivity contribution in [1.29, 1.82) is 0 Å². The molecule has 1 aromatic rings. The molecule has 0 saturated heterocycles. The van der Waals surface area contributed by atoms with Gasteiger partial charge in [0.1, 0.15) is 0 Å². The number of hydrogen-bond acceptors (Lipinski definition) is 3. The molecular weight excluding hydrogens is 314 g/mol. The molecular formula is C13H20BrNO2S. The van der Waals surface area contributed by atoms with E-state index >= 15 is 0 Å². The van der Waals surface area contributed by atoms with Gasteiger partial charge < -0.3 is 10.4 Å². The molecule has 18 heavy (non-hydrogen) atoms. The summed E-state index contributed by atoms with van der Waals surface area (Å²) in [4.78, 5) is 0. The van der Waals surface area contributed by atoms with E-state index in [0.717, 1.165) is 23.0 Å². The molecule has 102 valence electrons. The molecule has 0 aliphatic heterocycles. The fraction of sp³-hybridized carbons (Fsp3) is 0.538. The smallest absolute Gasteiger partial charge is 0.0914 e. The monoisotopic (exact) mass is 333 g/mol. The Morgan fingerprint density at radius 2 is 2.22 bits per heavy atom. The highest BCUT2D eigenvalue weighted by molar-refractivity contribution is 9.10. The summed E-state index contributed by atoms with van der Waals surface area (Å²) in [5.41, 5.74) is 0.893. The molecule has 5 heteroatoms. The fourth-order valence-corrected chi connectivity index (χ4v) is 2.41. The highest BCUT2D eigenvalue weighted by atomic mass is 79.9. The van der Waals surface area contributed by atoms with Crippen molar-refractivity contribution in [2.75, 3.05) is 19.3 Å². The molecule has 0 heterocycles. The lowest BCUT2D eigenvalue weighted by Crippen LogP contribution is -2.25. The summed E-state index contributed by atoms with van der Waals surface area (Å²) >= 11 is 3.38. The van der Waals surface area contributed by atoms with Crippen molar-refractivity contribution < 1.29 is 9.32 Å². The molecule has 3 unspecified atom stereocenters. The predicted molar refractivity (Wildman–Crippen MR) is 80.1 cm³/mol. The second-order valence-corrected chi connectivity index (χ2v) is 7.09. The average molecular weight is 334 g/mol. The first-order valence-electron chi connectivity index (χ1n) is 5.97. The summed E-state index contributed by atoms with van der Waals surface area (Å²) in [6, 6.07) is 7.66. The van der Waals surface area contributed by atoms with Gasteiger partial charge >= 0.3 is 0 Å². The van der Waals surface area contributed by atoms with Gasteiger partial charge in [-0.3, -0.25) is 4.21 Å². The van der Waals surface area contributed by atoms with Crippen LogP contribution in [0.25, 0.3) is 0 Å². The molecule has 3 atom stereocenters. The molecule has 3 nitrogen and oxygen atoms in total.